The van der Waals surface area contributed by atoms with Gasteiger partial charge in [-0.1, -0.05) is 18.6 Å². The highest BCUT2D eigenvalue weighted by molar-refractivity contribution is 5.91. The van der Waals surface area contributed by atoms with Crippen LogP contribution in [0.1, 0.15) is 30.3 Å². The van der Waals surface area contributed by atoms with Crippen LogP contribution in [0, 0.1) is 0 Å². The monoisotopic (exact) mass is 271 g/mol. The summed E-state index contributed by atoms with van der Waals surface area (Å²) < 4.78 is 12.3. The van der Waals surface area contributed by atoms with Crippen molar-refractivity contribution in [3.63, 3.8) is 0 Å². The minimum absolute atomic E-state index is 0.186. The second-order valence-electron chi connectivity index (χ2n) is 3.92. The van der Waals surface area contributed by atoms with Gasteiger partial charge in [-0.15, -0.1) is 5.10 Å². The number of unbranched alkanes of at least 4 members (excludes halogenated alkanes) is 1. The fourth-order valence-corrected chi connectivity index (χ4v) is 1.31. The van der Waals surface area contributed by atoms with E-state index < -0.39 is 5.91 Å². The van der Waals surface area contributed by atoms with Crippen molar-refractivity contribution in [3.8, 4) is 0 Å². The molecule has 3 N–H and O–H groups in total. The van der Waals surface area contributed by atoms with Crippen LogP contribution in [0.5, 0.6) is 0 Å². The Kier molecular flexibility index (Phi) is 7.71. The zero-order chi connectivity index (χ0) is 13.9. The highest BCUT2D eigenvalue weighted by Gasteiger charge is 2.08. The summed E-state index contributed by atoms with van der Waals surface area (Å²) in [5.41, 5.74) is 2.18. The number of amides is 1. The number of carbonyl (C=O) groups is 1. The van der Waals surface area contributed by atoms with E-state index in [2.05, 4.69) is 17.2 Å². The molecular formula is C11H21N5O3. The molecule has 1 rings (SSSR count). The number of nitrogen functional groups attached to an aromatic ring is 1. The van der Waals surface area contributed by atoms with Gasteiger partial charge in [0.25, 0.3) is 5.91 Å². The molecule has 8 heteroatoms. The molecule has 0 spiro atoms. The van der Waals surface area contributed by atoms with Crippen LogP contribution < -0.4 is 11.3 Å². The fraction of sp³-hybridized carbons (Fsp3) is 0.727. The second kappa shape index (κ2) is 9.42. The Morgan fingerprint density at radius 2 is 2.11 bits per heavy atom. The van der Waals surface area contributed by atoms with Gasteiger partial charge in [-0.25, -0.2) is 10.5 Å². The maximum Gasteiger partial charge on any atom is 0.287 e. The number of hydrogen-bond donors (Lipinski definition) is 2. The van der Waals surface area contributed by atoms with E-state index in [0.29, 0.717) is 26.4 Å². The number of hydrazine groups is 1. The van der Waals surface area contributed by atoms with Gasteiger partial charge >= 0.3 is 0 Å². The van der Waals surface area contributed by atoms with Gasteiger partial charge in [0.15, 0.2) is 5.69 Å². The van der Waals surface area contributed by atoms with Gasteiger partial charge < -0.3 is 9.47 Å². The predicted octanol–water partition coefficient (Wildman–Crippen LogP) is -0.285. The summed E-state index contributed by atoms with van der Waals surface area (Å²) in [7, 11) is 0. The first-order valence-electron chi connectivity index (χ1n) is 6.34. The van der Waals surface area contributed by atoms with Crippen LogP contribution in [0.25, 0.3) is 0 Å². The molecule has 0 fully saturated rings. The average Bonchev–Trinajstić information content (AvgIpc) is 2.89. The number of ether oxygens (including phenoxy) is 2. The molecule has 1 aromatic rings. The lowest BCUT2D eigenvalue weighted by atomic mass is 10.4. The highest BCUT2D eigenvalue weighted by atomic mass is 16.5. The number of nitrogens with two attached hydrogens (primary N) is 1. The third kappa shape index (κ3) is 6.27. The van der Waals surface area contributed by atoms with Crippen molar-refractivity contribution < 1.29 is 14.3 Å². The molecule has 0 aliphatic rings. The van der Waals surface area contributed by atoms with Crippen molar-refractivity contribution in [3.05, 3.63) is 11.9 Å². The predicted molar refractivity (Wildman–Crippen MR) is 68.2 cm³/mol. The Labute approximate surface area is 112 Å². The molecule has 0 unspecified atom stereocenters. The maximum absolute atomic E-state index is 11.1. The van der Waals surface area contributed by atoms with Crippen molar-refractivity contribution in [2.24, 2.45) is 5.84 Å². The van der Waals surface area contributed by atoms with Crippen molar-refractivity contribution in [2.45, 2.75) is 26.3 Å². The molecular weight excluding hydrogens is 250 g/mol. The van der Waals surface area contributed by atoms with Crippen LogP contribution in [0.2, 0.25) is 0 Å². The molecule has 8 nitrogen and oxygen atoms in total. The average molecular weight is 271 g/mol. The molecule has 1 amide bonds. The molecule has 0 bridgehead atoms. The van der Waals surface area contributed by atoms with Gasteiger partial charge in [-0.3, -0.25) is 10.2 Å². The van der Waals surface area contributed by atoms with Gasteiger partial charge in [-0.2, -0.15) is 0 Å². The SMILES string of the molecule is CCCCOCCOCCn1cc(C(=O)NN)nn1. The van der Waals surface area contributed by atoms with Crippen molar-refractivity contribution >= 4 is 5.91 Å². The number of nitrogens with zero attached hydrogens (tertiary/aromatic N) is 3. The zero-order valence-corrected chi connectivity index (χ0v) is 11.2. The molecule has 0 saturated carbocycles. The van der Waals surface area contributed by atoms with E-state index in [9.17, 15) is 4.79 Å². The van der Waals surface area contributed by atoms with Crippen molar-refractivity contribution in [2.75, 3.05) is 26.4 Å². The molecule has 0 aliphatic heterocycles. The first-order valence-corrected chi connectivity index (χ1v) is 6.34. The van der Waals surface area contributed by atoms with Crippen molar-refractivity contribution in [1.82, 2.24) is 20.4 Å². The topological polar surface area (TPSA) is 104 Å². The van der Waals surface area contributed by atoms with Crippen LogP contribution >= 0.6 is 0 Å². The largest absolute Gasteiger partial charge is 0.379 e. The zero-order valence-electron chi connectivity index (χ0n) is 11.2. The van der Waals surface area contributed by atoms with E-state index in [0.717, 1.165) is 19.4 Å². The summed E-state index contributed by atoms with van der Waals surface area (Å²) >= 11 is 0. The lowest BCUT2D eigenvalue weighted by Crippen LogP contribution is -2.30. The summed E-state index contributed by atoms with van der Waals surface area (Å²) in [6.45, 7) is 5.06. The Morgan fingerprint density at radius 1 is 1.37 bits per heavy atom. The number of rotatable bonds is 10. The summed E-state index contributed by atoms with van der Waals surface area (Å²) in [5, 5.41) is 7.46. The van der Waals surface area contributed by atoms with Crippen LogP contribution in [0.4, 0.5) is 0 Å². The Hall–Kier alpha value is -1.51. The molecule has 0 aromatic carbocycles. The number of nitrogens with one attached hydrogen (secondary N) is 1. The Morgan fingerprint density at radius 3 is 2.79 bits per heavy atom. The summed E-state index contributed by atoms with van der Waals surface area (Å²) in [4.78, 5) is 11.1. The van der Waals surface area contributed by atoms with E-state index in [1.165, 1.54) is 10.9 Å². The van der Waals surface area contributed by atoms with Gasteiger partial charge in [0.1, 0.15) is 0 Å². The minimum Gasteiger partial charge on any atom is -0.379 e. The standard InChI is InChI=1S/C11H21N5O3/c1-2-3-5-18-7-8-19-6-4-16-9-10(14-15-16)11(17)13-12/h9H,2-8,12H2,1H3,(H,13,17). The van der Waals surface area contributed by atoms with E-state index in [4.69, 9.17) is 15.3 Å². The Balaban J connectivity index is 2.06. The number of carbonyl (C=O) groups excluding carboxylic acids is 1. The smallest absolute Gasteiger partial charge is 0.287 e. The van der Waals surface area contributed by atoms with E-state index in [1.54, 1.807) is 0 Å². The van der Waals surface area contributed by atoms with E-state index in [-0.39, 0.29) is 5.69 Å². The summed E-state index contributed by atoms with van der Waals surface area (Å²) in [6, 6.07) is 0. The van der Waals surface area contributed by atoms with Crippen LogP contribution in [-0.2, 0) is 16.0 Å². The molecule has 1 heterocycles. The van der Waals surface area contributed by atoms with Crippen LogP contribution in [0.3, 0.4) is 0 Å². The molecule has 0 atom stereocenters. The van der Waals surface area contributed by atoms with Gasteiger partial charge in [0.05, 0.1) is 32.6 Å². The normalized spacial score (nSPS) is 10.6. The van der Waals surface area contributed by atoms with Crippen LogP contribution in [-0.4, -0.2) is 47.3 Å². The van der Waals surface area contributed by atoms with Gasteiger partial charge in [0.2, 0.25) is 0 Å². The van der Waals surface area contributed by atoms with Crippen molar-refractivity contribution in [1.29, 1.82) is 0 Å². The lowest BCUT2D eigenvalue weighted by molar-refractivity contribution is 0.0429. The maximum atomic E-state index is 11.1. The first-order chi connectivity index (χ1) is 9.27. The van der Waals surface area contributed by atoms with E-state index in [1.807, 2.05) is 5.43 Å². The molecule has 0 radical (unpaired) electrons. The van der Waals surface area contributed by atoms with Gasteiger partial charge in [-0.05, 0) is 6.42 Å². The highest BCUT2D eigenvalue weighted by Crippen LogP contribution is 1.93. The first kappa shape index (κ1) is 15.5. The summed E-state index contributed by atoms with van der Waals surface area (Å²) in [5.74, 6) is 4.53. The lowest BCUT2D eigenvalue weighted by Gasteiger charge is -2.05. The summed E-state index contributed by atoms with van der Waals surface area (Å²) in [6.07, 6.45) is 3.72. The Bertz CT molecular complexity index is 369. The van der Waals surface area contributed by atoms with Gasteiger partial charge in [0, 0.05) is 6.61 Å². The molecule has 0 aliphatic carbocycles. The second-order valence-corrected chi connectivity index (χ2v) is 3.92. The number of hydrogen-bond acceptors (Lipinski definition) is 6. The van der Waals surface area contributed by atoms with E-state index >= 15 is 0 Å². The fourth-order valence-electron chi connectivity index (χ4n) is 1.31. The number of aromatic nitrogens is 3. The van der Waals surface area contributed by atoms with Crippen LogP contribution in [0.15, 0.2) is 6.20 Å². The minimum atomic E-state index is -0.462. The third-order valence-corrected chi connectivity index (χ3v) is 2.38. The molecule has 108 valence electrons. The molecule has 19 heavy (non-hydrogen) atoms. The third-order valence-electron chi connectivity index (χ3n) is 2.38. The quantitative estimate of drug-likeness (QED) is 0.262. The molecule has 1 aromatic heterocycles. The molecule has 0 saturated heterocycles.